The number of hydrogen-bond donors (Lipinski definition) is 0. The van der Waals surface area contributed by atoms with E-state index in [1.807, 2.05) is 6.26 Å². The molecule has 0 aliphatic heterocycles. The predicted octanol–water partition coefficient (Wildman–Crippen LogP) is 4.82. The van der Waals surface area contributed by atoms with Crippen molar-refractivity contribution in [3.63, 3.8) is 0 Å². The summed E-state index contributed by atoms with van der Waals surface area (Å²) in [6.45, 7) is 8.63. The molecule has 0 unspecified atom stereocenters. The first-order chi connectivity index (χ1) is 8.11. The summed E-state index contributed by atoms with van der Waals surface area (Å²) in [7, 11) is 0. The highest BCUT2D eigenvalue weighted by Gasteiger charge is 2.14. The third kappa shape index (κ3) is 1.25. The molecule has 17 heavy (non-hydrogen) atoms. The van der Waals surface area contributed by atoms with E-state index in [4.69, 9.17) is 4.42 Å². The van der Waals surface area contributed by atoms with E-state index in [9.17, 15) is 0 Å². The van der Waals surface area contributed by atoms with Crippen molar-refractivity contribution in [1.29, 1.82) is 0 Å². The minimum Gasteiger partial charge on any atom is -0.464 e. The largest absolute Gasteiger partial charge is 0.464 e. The van der Waals surface area contributed by atoms with Crippen molar-refractivity contribution >= 4 is 21.7 Å². The summed E-state index contributed by atoms with van der Waals surface area (Å²) in [5.74, 6) is 0. The zero-order valence-electron chi connectivity index (χ0n) is 10.7. The molecule has 86 valence electrons. The van der Waals surface area contributed by atoms with Gasteiger partial charge in [0.25, 0.3) is 0 Å². The van der Waals surface area contributed by atoms with Crippen molar-refractivity contribution in [2.45, 2.75) is 27.7 Å². The lowest BCUT2D eigenvalue weighted by Crippen LogP contribution is -1.89. The molecule has 0 aliphatic rings. The van der Waals surface area contributed by atoms with Gasteiger partial charge in [0.15, 0.2) is 0 Å². The fourth-order valence-corrected chi connectivity index (χ4v) is 2.91. The van der Waals surface area contributed by atoms with Crippen molar-refractivity contribution in [2.75, 3.05) is 0 Å². The van der Waals surface area contributed by atoms with Crippen LogP contribution in [-0.4, -0.2) is 0 Å². The van der Waals surface area contributed by atoms with E-state index >= 15 is 0 Å². The average molecular weight is 224 g/mol. The van der Waals surface area contributed by atoms with Crippen LogP contribution in [0.4, 0.5) is 0 Å². The summed E-state index contributed by atoms with van der Waals surface area (Å²) in [6, 6.07) is 6.48. The maximum absolute atomic E-state index is 5.71. The first-order valence-electron chi connectivity index (χ1n) is 5.97. The highest BCUT2D eigenvalue weighted by molar-refractivity contribution is 6.05. The van der Waals surface area contributed by atoms with E-state index in [-0.39, 0.29) is 0 Å². The Labute approximate surface area is 101 Å². The van der Waals surface area contributed by atoms with Crippen LogP contribution in [0.2, 0.25) is 0 Å². The summed E-state index contributed by atoms with van der Waals surface area (Å²) < 4.78 is 5.71. The van der Waals surface area contributed by atoms with E-state index in [0.29, 0.717) is 0 Å². The van der Waals surface area contributed by atoms with Crippen LogP contribution in [0.15, 0.2) is 28.9 Å². The summed E-state index contributed by atoms with van der Waals surface area (Å²) in [5, 5.41) is 3.97. The van der Waals surface area contributed by atoms with E-state index in [1.165, 1.54) is 38.4 Å². The van der Waals surface area contributed by atoms with Crippen molar-refractivity contribution in [3.05, 3.63) is 46.7 Å². The van der Waals surface area contributed by atoms with Gasteiger partial charge in [-0.2, -0.15) is 0 Å². The second-order valence-electron chi connectivity index (χ2n) is 4.87. The Morgan fingerprint density at radius 3 is 2.35 bits per heavy atom. The SMILES string of the molecule is Cc1c2cccc(C)c2c(C)c2c(C)coc12. The van der Waals surface area contributed by atoms with E-state index in [0.717, 1.165) is 5.58 Å². The van der Waals surface area contributed by atoms with Crippen LogP contribution in [0.5, 0.6) is 0 Å². The van der Waals surface area contributed by atoms with E-state index < -0.39 is 0 Å². The molecule has 0 radical (unpaired) electrons. The van der Waals surface area contributed by atoms with Gasteiger partial charge in [0.2, 0.25) is 0 Å². The fraction of sp³-hybridized carbons (Fsp3) is 0.250. The van der Waals surface area contributed by atoms with E-state index in [2.05, 4.69) is 45.9 Å². The third-order valence-corrected chi connectivity index (χ3v) is 3.74. The summed E-state index contributed by atoms with van der Waals surface area (Å²) in [4.78, 5) is 0. The maximum Gasteiger partial charge on any atom is 0.137 e. The van der Waals surface area contributed by atoms with Gasteiger partial charge in [0.05, 0.1) is 6.26 Å². The maximum atomic E-state index is 5.71. The molecule has 3 rings (SSSR count). The number of hydrogen-bond acceptors (Lipinski definition) is 1. The molecular formula is C16H16O. The lowest BCUT2D eigenvalue weighted by Gasteiger charge is -2.10. The van der Waals surface area contributed by atoms with Gasteiger partial charge in [0, 0.05) is 10.9 Å². The predicted molar refractivity (Wildman–Crippen MR) is 72.7 cm³/mol. The Bertz CT molecular complexity index is 732. The molecule has 0 spiro atoms. The third-order valence-electron chi connectivity index (χ3n) is 3.74. The monoisotopic (exact) mass is 224 g/mol. The van der Waals surface area contributed by atoms with Gasteiger partial charge in [-0.1, -0.05) is 18.2 Å². The quantitative estimate of drug-likeness (QED) is 0.533. The first-order valence-corrected chi connectivity index (χ1v) is 5.97. The number of furan rings is 1. The molecule has 2 aromatic carbocycles. The lowest BCUT2D eigenvalue weighted by atomic mass is 9.93. The van der Waals surface area contributed by atoms with Crippen LogP contribution >= 0.6 is 0 Å². The van der Waals surface area contributed by atoms with Gasteiger partial charge in [-0.25, -0.2) is 0 Å². The van der Waals surface area contributed by atoms with Gasteiger partial charge in [-0.3, -0.25) is 0 Å². The van der Waals surface area contributed by atoms with Crippen LogP contribution in [-0.2, 0) is 0 Å². The Balaban J connectivity index is 2.71. The van der Waals surface area contributed by atoms with Gasteiger partial charge < -0.3 is 4.42 Å². The van der Waals surface area contributed by atoms with Gasteiger partial charge in [0.1, 0.15) is 5.58 Å². The van der Waals surface area contributed by atoms with Gasteiger partial charge >= 0.3 is 0 Å². The molecule has 0 bridgehead atoms. The highest BCUT2D eigenvalue weighted by Crippen LogP contribution is 2.36. The van der Waals surface area contributed by atoms with Crippen LogP contribution in [0.1, 0.15) is 22.3 Å². The standard InChI is InChI=1S/C16H16O/c1-9-6-5-7-13-11(3)16-15(10(2)8-17-16)12(4)14(9)13/h5-8H,1-4H3. The molecule has 3 aromatic rings. The number of fused-ring (bicyclic) bond motifs is 2. The molecule has 1 heterocycles. The Kier molecular flexibility index (Phi) is 2.06. The highest BCUT2D eigenvalue weighted by atomic mass is 16.3. The lowest BCUT2D eigenvalue weighted by molar-refractivity contribution is 0.611. The molecule has 0 fully saturated rings. The topological polar surface area (TPSA) is 13.1 Å². The second kappa shape index (κ2) is 3.36. The first kappa shape index (κ1) is 10.4. The molecule has 1 aromatic heterocycles. The summed E-state index contributed by atoms with van der Waals surface area (Å²) in [5.41, 5.74) is 6.19. The van der Waals surface area contributed by atoms with Crippen molar-refractivity contribution in [1.82, 2.24) is 0 Å². The van der Waals surface area contributed by atoms with E-state index in [1.54, 1.807) is 0 Å². The molecule has 0 aliphatic carbocycles. The number of benzene rings is 2. The van der Waals surface area contributed by atoms with Gasteiger partial charge in [-0.05, 0) is 55.2 Å². The molecule has 0 amide bonds. The Hall–Kier alpha value is -1.76. The smallest absolute Gasteiger partial charge is 0.137 e. The number of rotatable bonds is 0. The molecule has 0 N–H and O–H groups in total. The summed E-state index contributed by atoms with van der Waals surface area (Å²) >= 11 is 0. The average Bonchev–Trinajstić information content (AvgIpc) is 2.68. The van der Waals surface area contributed by atoms with Crippen LogP contribution in [0, 0.1) is 27.7 Å². The molecule has 0 saturated heterocycles. The Morgan fingerprint density at radius 2 is 1.59 bits per heavy atom. The minimum atomic E-state index is 1.04. The van der Waals surface area contributed by atoms with Crippen molar-refractivity contribution < 1.29 is 4.42 Å². The molecule has 0 saturated carbocycles. The van der Waals surface area contributed by atoms with Crippen molar-refractivity contribution in [2.24, 2.45) is 0 Å². The molecule has 1 nitrogen and oxygen atoms in total. The minimum absolute atomic E-state index is 1.04. The van der Waals surface area contributed by atoms with Crippen LogP contribution in [0.25, 0.3) is 21.7 Å². The van der Waals surface area contributed by atoms with Gasteiger partial charge in [-0.15, -0.1) is 0 Å². The zero-order valence-corrected chi connectivity index (χ0v) is 10.7. The summed E-state index contributed by atoms with van der Waals surface area (Å²) in [6.07, 6.45) is 1.86. The van der Waals surface area contributed by atoms with Crippen LogP contribution < -0.4 is 0 Å². The number of aryl methyl sites for hydroxylation is 4. The molecule has 0 atom stereocenters. The van der Waals surface area contributed by atoms with Crippen LogP contribution in [0.3, 0.4) is 0 Å². The zero-order chi connectivity index (χ0) is 12.2. The normalized spacial score (nSPS) is 11.5. The fourth-order valence-electron chi connectivity index (χ4n) is 2.91. The molecular weight excluding hydrogens is 208 g/mol. The molecule has 1 heteroatoms. The van der Waals surface area contributed by atoms with Crippen molar-refractivity contribution in [3.8, 4) is 0 Å². The Morgan fingerprint density at radius 1 is 0.824 bits per heavy atom. The second-order valence-corrected chi connectivity index (χ2v) is 4.87.